The van der Waals surface area contributed by atoms with Crippen molar-refractivity contribution in [3.8, 4) is 22.6 Å². The second kappa shape index (κ2) is 11.6. The first-order valence-corrected chi connectivity index (χ1v) is 13.4. The summed E-state index contributed by atoms with van der Waals surface area (Å²) in [6, 6.07) is 19.7. The Morgan fingerprint density at radius 3 is 2.23 bits per heavy atom. The van der Waals surface area contributed by atoms with Crippen LogP contribution in [-0.4, -0.2) is 63.9 Å². The Morgan fingerprint density at radius 2 is 1.56 bits per heavy atom. The molecule has 5 rings (SSSR count). The number of carbonyl (C=O) groups excluding carboxylic acids is 2. The van der Waals surface area contributed by atoms with Crippen molar-refractivity contribution in [2.24, 2.45) is 0 Å². The van der Waals surface area contributed by atoms with E-state index in [9.17, 15) is 9.59 Å². The molecule has 0 unspecified atom stereocenters. The van der Waals surface area contributed by atoms with E-state index in [1.54, 1.807) is 19.1 Å². The maximum absolute atomic E-state index is 13.5. The van der Waals surface area contributed by atoms with Crippen molar-refractivity contribution in [3.05, 3.63) is 82.9 Å². The van der Waals surface area contributed by atoms with Crippen LogP contribution in [0.25, 0.3) is 11.1 Å². The number of Topliss-reactive ketones (excluding diaryl/α,β-unsaturated/α-hetero) is 1. The van der Waals surface area contributed by atoms with E-state index in [0.29, 0.717) is 44.0 Å². The van der Waals surface area contributed by atoms with Crippen molar-refractivity contribution in [3.63, 3.8) is 0 Å². The van der Waals surface area contributed by atoms with Crippen LogP contribution in [0.3, 0.4) is 0 Å². The van der Waals surface area contributed by atoms with E-state index >= 15 is 0 Å². The van der Waals surface area contributed by atoms with Gasteiger partial charge in [-0.2, -0.15) is 0 Å². The smallest absolute Gasteiger partial charge is 0.254 e. The molecular formula is C32H35NO6. The molecule has 0 radical (unpaired) electrons. The van der Waals surface area contributed by atoms with Gasteiger partial charge in [-0.1, -0.05) is 36.4 Å². The number of methoxy groups -OCH3 is 2. The molecule has 7 heteroatoms. The van der Waals surface area contributed by atoms with Crippen molar-refractivity contribution in [1.82, 2.24) is 4.90 Å². The van der Waals surface area contributed by atoms with Crippen LogP contribution in [0.4, 0.5) is 0 Å². The minimum absolute atomic E-state index is 0.0510. The summed E-state index contributed by atoms with van der Waals surface area (Å²) in [5.41, 5.74) is 5.36. The highest BCUT2D eigenvalue weighted by atomic mass is 16.7. The molecule has 0 bridgehead atoms. The number of amides is 1. The molecule has 204 valence electrons. The summed E-state index contributed by atoms with van der Waals surface area (Å²) in [5.74, 6) is 1.62. The molecule has 1 saturated carbocycles. The van der Waals surface area contributed by atoms with Crippen molar-refractivity contribution in [2.45, 2.75) is 31.6 Å². The molecule has 0 aromatic heterocycles. The molecule has 3 aromatic rings. The van der Waals surface area contributed by atoms with E-state index in [0.717, 1.165) is 46.4 Å². The monoisotopic (exact) mass is 529 g/mol. The molecular weight excluding hydrogens is 494 g/mol. The highest BCUT2D eigenvalue weighted by molar-refractivity contribution is 5.96. The molecule has 7 nitrogen and oxygen atoms in total. The SMILES string of the molecule is COCCN(CCOC)C(=O)c1ccc(-c2cc(CC(=O)C3(c4ccc5c(c4)OCO5)CC3)ccc2C)cc1. The molecule has 39 heavy (non-hydrogen) atoms. The Labute approximate surface area is 229 Å². The van der Waals surface area contributed by atoms with E-state index < -0.39 is 5.41 Å². The van der Waals surface area contributed by atoms with Gasteiger partial charge in [-0.3, -0.25) is 9.59 Å². The van der Waals surface area contributed by atoms with Gasteiger partial charge in [0.2, 0.25) is 6.79 Å². The third-order valence-corrected chi connectivity index (χ3v) is 7.74. The Balaban J connectivity index is 1.31. The normalized spacial score (nSPS) is 14.7. The zero-order valence-corrected chi connectivity index (χ0v) is 22.8. The maximum Gasteiger partial charge on any atom is 0.254 e. The van der Waals surface area contributed by atoms with E-state index in [1.807, 2.05) is 48.5 Å². The molecule has 1 fully saturated rings. The lowest BCUT2D eigenvalue weighted by Gasteiger charge is -2.22. The van der Waals surface area contributed by atoms with E-state index in [4.69, 9.17) is 18.9 Å². The largest absolute Gasteiger partial charge is 0.454 e. The van der Waals surface area contributed by atoms with Crippen LogP contribution in [0.1, 0.15) is 39.9 Å². The van der Waals surface area contributed by atoms with Crippen LogP contribution < -0.4 is 9.47 Å². The number of aryl methyl sites for hydroxylation is 1. The van der Waals surface area contributed by atoms with E-state index in [1.165, 1.54) is 0 Å². The fraction of sp³-hybridized carbons (Fsp3) is 0.375. The molecule has 1 aliphatic heterocycles. The van der Waals surface area contributed by atoms with E-state index in [2.05, 4.69) is 19.1 Å². The summed E-state index contributed by atoms with van der Waals surface area (Å²) >= 11 is 0. The van der Waals surface area contributed by atoms with Crippen LogP contribution in [0, 0.1) is 6.92 Å². The van der Waals surface area contributed by atoms with Crippen molar-refractivity contribution < 1.29 is 28.5 Å². The predicted octanol–water partition coefficient (Wildman–Crippen LogP) is 4.97. The van der Waals surface area contributed by atoms with Gasteiger partial charge in [-0.05, 0) is 71.8 Å². The Kier molecular flexibility index (Phi) is 8.00. The van der Waals surface area contributed by atoms with E-state index in [-0.39, 0.29) is 18.5 Å². The van der Waals surface area contributed by atoms with Gasteiger partial charge in [-0.25, -0.2) is 0 Å². The molecule has 1 heterocycles. The molecule has 2 aliphatic rings. The molecule has 0 N–H and O–H groups in total. The second-order valence-corrected chi connectivity index (χ2v) is 10.3. The average molecular weight is 530 g/mol. The highest BCUT2D eigenvalue weighted by Crippen LogP contribution is 2.51. The topological polar surface area (TPSA) is 74.3 Å². The molecule has 1 amide bonds. The van der Waals surface area contributed by atoms with Gasteiger partial charge in [0, 0.05) is 39.3 Å². The molecule has 0 saturated heterocycles. The molecule has 0 atom stereocenters. The maximum atomic E-state index is 13.5. The minimum atomic E-state index is -0.439. The van der Waals surface area contributed by atoms with Crippen LogP contribution >= 0.6 is 0 Å². The van der Waals surface area contributed by atoms with Gasteiger partial charge in [-0.15, -0.1) is 0 Å². The number of carbonyl (C=O) groups is 2. The highest BCUT2D eigenvalue weighted by Gasteiger charge is 2.50. The fourth-order valence-electron chi connectivity index (χ4n) is 5.19. The van der Waals surface area contributed by atoms with Crippen LogP contribution in [0.5, 0.6) is 11.5 Å². The Hall–Kier alpha value is -3.68. The lowest BCUT2D eigenvalue weighted by atomic mass is 9.87. The van der Waals surface area contributed by atoms with Crippen LogP contribution in [0.2, 0.25) is 0 Å². The predicted molar refractivity (Wildman–Crippen MR) is 148 cm³/mol. The number of ketones is 1. The molecule has 1 aliphatic carbocycles. The van der Waals surface area contributed by atoms with Crippen molar-refractivity contribution >= 4 is 11.7 Å². The zero-order chi connectivity index (χ0) is 27.4. The van der Waals surface area contributed by atoms with Crippen molar-refractivity contribution in [1.29, 1.82) is 0 Å². The zero-order valence-electron chi connectivity index (χ0n) is 22.8. The Bertz CT molecular complexity index is 1340. The van der Waals surface area contributed by atoms with Gasteiger partial charge in [0.05, 0.1) is 18.6 Å². The average Bonchev–Trinajstić information content (AvgIpc) is 3.64. The number of rotatable bonds is 12. The first-order chi connectivity index (χ1) is 18.9. The number of hydrogen-bond acceptors (Lipinski definition) is 6. The van der Waals surface area contributed by atoms with Gasteiger partial charge in [0.25, 0.3) is 5.91 Å². The summed E-state index contributed by atoms with van der Waals surface area (Å²) in [6.07, 6.45) is 2.07. The lowest BCUT2D eigenvalue weighted by molar-refractivity contribution is -0.120. The summed E-state index contributed by atoms with van der Waals surface area (Å²) in [6.45, 7) is 4.22. The van der Waals surface area contributed by atoms with Gasteiger partial charge >= 0.3 is 0 Å². The standard InChI is InChI=1S/C32H35NO6/c1-22-4-5-23(19-30(34)32(12-13-32)26-10-11-28-29(20-26)39-21-38-28)18-27(22)24-6-8-25(9-7-24)31(35)33(14-16-36-2)15-17-37-3/h4-11,18,20H,12-17,19,21H2,1-3H3. The molecule has 0 spiro atoms. The fourth-order valence-corrected chi connectivity index (χ4v) is 5.19. The summed E-state index contributed by atoms with van der Waals surface area (Å²) < 4.78 is 21.3. The number of ether oxygens (including phenoxy) is 4. The minimum Gasteiger partial charge on any atom is -0.454 e. The van der Waals surface area contributed by atoms with Crippen LogP contribution in [0.15, 0.2) is 60.7 Å². The summed E-state index contributed by atoms with van der Waals surface area (Å²) in [5, 5.41) is 0. The van der Waals surface area contributed by atoms with Gasteiger partial charge < -0.3 is 23.8 Å². The first kappa shape index (κ1) is 26.9. The third-order valence-electron chi connectivity index (χ3n) is 7.74. The number of hydrogen-bond donors (Lipinski definition) is 0. The Morgan fingerprint density at radius 1 is 0.872 bits per heavy atom. The second-order valence-electron chi connectivity index (χ2n) is 10.3. The third kappa shape index (κ3) is 5.70. The van der Waals surface area contributed by atoms with Gasteiger partial charge in [0.15, 0.2) is 11.5 Å². The summed E-state index contributed by atoms with van der Waals surface area (Å²) in [4.78, 5) is 28.4. The lowest BCUT2D eigenvalue weighted by Crippen LogP contribution is -2.36. The number of nitrogens with zero attached hydrogens (tertiary/aromatic N) is 1. The number of fused-ring (bicyclic) bond motifs is 1. The number of benzene rings is 3. The summed E-state index contributed by atoms with van der Waals surface area (Å²) in [7, 11) is 3.25. The quantitative estimate of drug-likeness (QED) is 0.330. The first-order valence-electron chi connectivity index (χ1n) is 13.4. The van der Waals surface area contributed by atoms with Crippen LogP contribution in [-0.2, 0) is 26.1 Å². The van der Waals surface area contributed by atoms with Crippen molar-refractivity contribution in [2.75, 3.05) is 47.3 Å². The van der Waals surface area contributed by atoms with Gasteiger partial charge in [0.1, 0.15) is 5.78 Å². The molecule has 3 aromatic carbocycles.